The number of nitrogens with one attached hydrogen (secondary N) is 1. The Morgan fingerprint density at radius 3 is 3.00 bits per heavy atom. The summed E-state index contributed by atoms with van der Waals surface area (Å²) in [6, 6.07) is 7.88. The van der Waals surface area contributed by atoms with Crippen molar-refractivity contribution in [3.63, 3.8) is 0 Å². The van der Waals surface area contributed by atoms with Crippen LogP contribution in [0.2, 0.25) is 0 Å². The quantitative estimate of drug-likeness (QED) is 0.411. The Morgan fingerprint density at radius 1 is 1.39 bits per heavy atom. The molecule has 1 N–H and O–H groups in total. The van der Waals surface area contributed by atoms with Crippen LogP contribution in [0.4, 0.5) is 0 Å². The van der Waals surface area contributed by atoms with Crippen LogP contribution in [-0.2, 0) is 11.3 Å². The van der Waals surface area contributed by atoms with Crippen LogP contribution < -0.4 is 10.1 Å². The number of rotatable bonds is 9. The van der Waals surface area contributed by atoms with Crippen molar-refractivity contribution < 1.29 is 9.47 Å². The van der Waals surface area contributed by atoms with Gasteiger partial charge in [0.15, 0.2) is 0 Å². The molecule has 0 aliphatic carbocycles. The lowest BCUT2D eigenvalue weighted by atomic mass is 10.2. The molecule has 0 aliphatic heterocycles. The zero-order valence-corrected chi connectivity index (χ0v) is 10.5. The van der Waals surface area contributed by atoms with Gasteiger partial charge in [0.1, 0.15) is 12.4 Å². The van der Waals surface area contributed by atoms with Gasteiger partial charge in [-0.15, -0.1) is 6.42 Å². The van der Waals surface area contributed by atoms with E-state index in [1.54, 1.807) is 0 Å². The molecular formula is C15H19NO2. The molecule has 0 saturated carbocycles. The normalized spacial score (nSPS) is 9.50. The fourth-order valence-corrected chi connectivity index (χ4v) is 1.50. The molecule has 0 heterocycles. The first kappa shape index (κ1) is 14.1. The topological polar surface area (TPSA) is 30.5 Å². The summed E-state index contributed by atoms with van der Waals surface area (Å²) in [5.74, 6) is 3.30. The second-order valence-electron chi connectivity index (χ2n) is 3.67. The molecule has 0 aliphatic rings. The van der Waals surface area contributed by atoms with E-state index in [1.165, 1.54) is 6.26 Å². The van der Waals surface area contributed by atoms with E-state index in [-0.39, 0.29) is 0 Å². The predicted molar refractivity (Wildman–Crippen MR) is 73.2 cm³/mol. The first-order chi connectivity index (χ1) is 8.88. The molecule has 0 fully saturated rings. The summed E-state index contributed by atoms with van der Waals surface area (Å²) in [7, 11) is 0. The third kappa shape index (κ3) is 5.42. The molecule has 0 radical (unpaired) electrons. The summed E-state index contributed by atoms with van der Waals surface area (Å²) in [4.78, 5) is 0. The molecule has 1 rings (SSSR count). The molecule has 0 saturated heterocycles. The molecule has 3 nitrogen and oxygen atoms in total. The second kappa shape index (κ2) is 9.15. The molecule has 0 aromatic heterocycles. The monoisotopic (exact) mass is 245 g/mol. The van der Waals surface area contributed by atoms with Gasteiger partial charge < -0.3 is 14.8 Å². The minimum atomic E-state index is 0.296. The first-order valence-electron chi connectivity index (χ1n) is 5.96. The minimum absolute atomic E-state index is 0.296. The van der Waals surface area contributed by atoms with E-state index in [9.17, 15) is 0 Å². The highest BCUT2D eigenvalue weighted by molar-refractivity contribution is 5.33. The molecule has 0 amide bonds. The number of hydrogen-bond donors (Lipinski definition) is 1. The van der Waals surface area contributed by atoms with E-state index >= 15 is 0 Å². The van der Waals surface area contributed by atoms with Crippen molar-refractivity contribution >= 4 is 0 Å². The van der Waals surface area contributed by atoms with Gasteiger partial charge in [0.25, 0.3) is 0 Å². The first-order valence-corrected chi connectivity index (χ1v) is 5.96. The van der Waals surface area contributed by atoms with Gasteiger partial charge in [0.05, 0.1) is 12.9 Å². The Balaban J connectivity index is 2.32. The Labute approximate surface area is 109 Å². The maximum Gasteiger partial charge on any atom is 0.148 e. The fraction of sp³-hybridized carbons (Fsp3) is 0.333. The summed E-state index contributed by atoms with van der Waals surface area (Å²) in [6.07, 6.45) is 7.59. The van der Waals surface area contributed by atoms with Crippen LogP contribution in [0.3, 0.4) is 0 Å². The molecule has 0 bridgehead atoms. The Kier molecular flexibility index (Phi) is 7.19. The van der Waals surface area contributed by atoms with Crippen LogP contribution in [-0.4, -0.2) is 19.8 Å². The number of hydrogen-bond acceptors (Lipinski definition) is 3. The molecule has 3 heteroatoms. The average Bonchev–Trinajstić information content (AvgIpc) is 2.41. The molecule has 0 spiro atoms. The lowest BCUT2D eigenvalue weighted by Gasteiger charge is -2.10. The van der Waals surface area contributed by atoms with Gasteiger partial charge in [-0.1, -0.05) is 30.7 Å². The van der Waals surface area contributed by atoms with Crippen LogP contribution in [0.15, 0.2) is 37.1 Å². The minimum Gasteiger partial charge on any atom is -0.502 e. The van der Waals surface area contributed by atoms with E-state index in [1.807, 2.05) is 24.3 Å². The van der Waals surface area contributed by atoms with Crippen LogP contribution in [0.1, 0.15) is 12.0 Å². The van der Waals surface area contributed by atoms with Crippen molar-refractivity contribution in [2.45, 2.75) is 13.0 Å². The van der Waals surface area contributed by atoms with Gasteiger partial charge in [-0.3, -0.25) is 0 Å². The second-order valence-corrected chi connectivity index (χ2v) is 3.67. The van der Waals surface area contributed by atoms with Crippen molar-refractivity contribution in [1.82, 2.24) is 5.32 Å². The van der Waals surface area contributed by atoms with Crippen molar-refractivity contribution in [3.05, 3.63) is 42.7 Å². The van der Waals surface area contributed by atoms with Gasteiger partial charge in [-0.2, -0.15) is 0 Å². The summed E-state index contributed by atoms with van der Waals surface area (Å²) in [5, 5.41) is 3.33. The molecule has 96 valence electrons. The van der Waals surface area contributed by atoms with Crippen LogP contribution in [0, 0.1) is 12.3 Å². The Bertz CT molecular complexity index is 396. The summed E-state index contributed by atoms with van der Waals surface area (Å²) in [5.41, 5.74) is 1.11. The predicted octanol–water partition coefficient (Wildman–Crippen LogP) is 2.34. The van der Waals surface area contributed by atoms with Gasteiger partial charge in [0.2, 0.25) is 0 Å². The fourth-order valence-electron chi connectivity index (χ4n) is 1.50. The van der Waals surface area contributed by atoms with Gasteiger partial charge in [-0.05, 0) is 19.0 Å². The van der Waals surface area contributed by atoms with E-state index in [0.717, 1.165) is 30.8 Å². The van der Waals surface area contributed by atoms with E-state index in [2.05, 4.69) is 17.8 Å². The molecular weight excluding hydrogens is 226 g/mol. The Morgan fingerprint density at radius 2 is 2.22 bits per heavy atom. The van der Waals surface area contributed by atoms with Crippen molar-refractivity contribution in [2.75, 3.05) is 19.8 Å². The molecule has 0 unspecified atom stereocenters. The van der Waals surface area contributed by atoms with Crippen LogP contribution in [0.25, 0.3) is 0 Å². The standard InChI is InChI=1S/C15H19NO2/c1-3-11-18-15-9-6-5-8-14(15)13-16-10-7-12-17-4-2/h1,4-6,8-9,16H,2,7,10-13H2. The summed E-state index contributed by atoms with van der Waals surface area (Å²) in [6.45, 7) is 6.12. The average molecular weight is 245 g/mol. The van der Waals surface area contributed by atoms with Gasteiger partial charge >= 0.3 is 0 Å². The number of ether oxygens (including phenoxy) is 2. The molecule has 1 aromatic rings. The zero-order valence-electron chi connectivity index (χ0n) is 10.5. The van der Waals surface area contributed by atoms with E-state index < -0.39 is 0 Å². The maximum absolute atomic E-state index is 5.47. The zero-order chi connectivity index (χ0) is 13.1. The SMILES string of the molecule is C#CCOc1ccccc1CNCCCOC=C. The highest BCUT2D eigenvalue weighted by Crippen LogP contribution is 2.17. The number of para-hydroxylation sites is 1. The van der Waals surface area contributed by atoms with Crippen LogP contribution in [0.5, 0.6) is 5.75 Å². The lowest BCUT2D eigenvalue weighted by Crippen LogP contribution is -2.16. The highest BCUT2D eigenvalue weighted by atomic mass is 16.5. The third-order valence-electron chi connectivity index (χ3n) is 2.33. The van der Waals surface area contributed by atoms with Crippen molar-refractivity contribution in [3.8, 4) is 18.1 Å². The van der Waals surface area contributed by atoms with Crippen molar-refractivity contribution in [1.29, 1.82) is 0 Å². The van der Waals surface area contributed by atoms with E-state index in [4.69, 9.17) is 15.9 Å². The Hall–Kier alpha value is -1.92. The van der Waals surface area contributed by atoms with Crippen molar-refractivity contribution in [2.24, 2.45) is 0 Å². The number of terminal acetylenes is 1. The number of benzene rings is 1. The summed E-state index contributed by atoms with van der Waals surface area (Å²) < 4.78 is 10.5. The van der Waals surface area contributed by atoms with Gasteiger partial charge in [0, 0.05) is 12.1 Å². The third-order valence-corrected chi connectivity index (χ3v) is 2.33. The highest BCUT2D eigenvalue weighted by Gasteiger charge is 2.01. The molecule has 0 atom stereocenters. The molecule has 1 aromatic carbocycles. The summed E-state index contributed by atoms with van der Waals surface area (Å²) >= 11 is 0. The van der Waals surface area contributed by atoms with E-state index in [0.29, 0.717) is 13.2 Å². The lowest BCUT2D eigenvalue weighted by molar-refractivity contribution is 0.244. The largest absolute Gasteiger partial charge is 0.502 e. The maximum atomic E-state index is 5.47. The smallest absolute Gasteiger partial charge is 0.148 e. The van der Waals surface area contributed by atoms with Gasteiger partial charge in [-0.25, -0.2) is 0 Å². The molecule has 18 heavy (non-hydrogen) atoms. The van der Waals surface area contributed by atoms with Crippen LogP contribution >= 0.6 is 0 Å².